The Morgan fingerprint density at radius 2 is 2.12 bits per heavy atom. The van der Waals surface area contributed by atoms with Crippen molar-refractivity contribution in [2.24, 2.45) is 0 Å². The number of hydrogen-bond donors (Lipinski definition) is 1. The van der Waals surface area contributed by atoms with Crippen LogP contribution in [0.25, 0.3) is 0 Å². The molecule has 0 bridgehead atoms. The van der Waals surface area contributed by atoms with Crippen LogP contribution in [0.1, 0.15) is 27.7 Å². The van der Waals surface area contributed by atoms with Gasteiger partial charge in [0.05, 0.1) is 12.7 Å². The topological polar surface area (TPSA) is 50.8 Å². The number of rotatable bonds is 1. The Morgan fingerprint density at radius 3 is 2.62 bits per heavy atom. The molecular weight excluding hydrogens is 208 g/mol. The smallest absolute Gasteiger partial charge is 0.411 e. The van der Waals surface area contributed by atoms with Crippen LogP contribution in [0.2, 0.25) is 0 Å². The van der Waals surface area contributed by atoms with Gasteiger partial charge in [-0.3, -0.25) is 10.2 Å². The number of nitrogens with zero attached hydrogens (tertiary/aromatic N) is 1. The molecule has 1 aliphatic heterocycles. The van der Waals surface area contributed by atoms with Gasteiger partial charge in [-0.2, -0.15) is 0 Å². The monoisotopic (exact) mass is 230 g/mol. The molecule has 0 radical (unpaired) electrons. The van der Waals surface area contributed by atoms with Crippen LogP contribution < -0.4 is 5.32 Å². The Hall–Kier alpha value is -0.810. The van der Waals surface area contributed by atoms with Gasteiger partial charge >= 0.3 is 6.09 Å². The van der Waals surface area contributed by atoms with Gasteiger partial charge in [-0.25, -0.2) is 4.79 Å². The lowest BCUT2D eigenvalue weighted by Gasteiger charge is -2.39. The number of carbonyl (C=O) groups is 1. The Morgan fingerprint density at radius 1 is 1.50 bits per heavy atom. The molecule has 0 spiro atoms. The molecule has 1 amide bonds. The van der Waals surface area contributed by atoms with Crippen LogP contribution in [-0.4, -0.2) is 49.1 Å². The first-order valence-corrected chi connectivity index (χ1v) is 5.63. The molecule has 2 unspecified atom stereocenters. The van der Waals surface area contributed by atoms with E-state index in [-0.39, 0.29) is 18.4 Å². The summed E-state index contributed by atoms with van der Waals surface area (Å²) in [5, 5.41) is 3.07. The molecule has 0 aliphatic carbocycles. The van der Waals surface area contributed by atoms with Crippen molar-refractivity contribution in [2.75, 3.05) is 20.2 Å². The lowest BCUT2D eigenvalue weighted by molar-refractivity contribution is -0.0757. The van der Waals surface area contributed by atoms with Gasteiger partial charge in [0.15, 0.2) is 0 Å². The molecule has 1 aliphatic rings. The first kappa shape index (κ1) is 13.3. The predicted molar refractivity (Wildman–Crippen MR) is 61.2 cm³/mol. The number of carbonyl (C=O) groups excluding carboxylic acids is 1. The number of nitrogens with one attached hydrogen (secondary N) is 1. The number of ether oxygens (including phenoxy) is 2. The van der Waals surface area contributed by atoms with Crippen LogP contribution in [0.3, 0.4) is 0 Å². The fraction of sp³-hybridized carbons (Fsp3) is 0.909. The molecule has 94 valence electrons. The van der Waals surface area contributed by atoms with Gasteiger partial charge in [0, 0.05) is 6.54 Å². The van der Waals surface area contributed by atoms with E-state index in [1.54, 1.807) is 4.90 Å². The maximum absolute atomic E-state index is 11.9. The Balaban J connectivity index is 2.66. The molecule has 1 fully saturated rings. The largest absolute Gasteiger partial charge is 0.444 e. The molecule has 0 saturated carbocycles. The van der Waals surface area contributed by atoms with E-state index >= 15 is 0 Å². The third kappa shape index (κ3) is 3.35. The second kappa shape index (κ2) is 5.01. The normalized spacial score (nSPS) is 26.7. The van der Waals surface area contributed by atoms with Crippen molar-refractivity contribution in [2.45, 2.75) is 45.6 Å². The van der Waals surface area contributed by atoms with Crippen LogP contribution in [0.15, 0.2) is 0 Å². The minimum atomic E-state index is -0.461. The third-order valence-corrected chi connectivity index (χ3v) is 2.42. The first-order chi connectivity index (χ1) is 7.35. The van der Waals surface area contributed by atoms with Gasteiger partial charge in [0.1, 0.15) is 11.8 Å². The van der Waals surface area contributed by atoms with Crippen molar-refractivity contribution < 1.29 is 14.3 Å². The number of likely N-dealkylation sites (N-methyl/N-ethyl adjacent to an activating group) is 1. The van der Waals surface area contributed by atoms with E-state index in [2.05, 4.69) is 5.32 Å². The Bertz CT molecular complexity index is 250. The van der Waals surface area contributed by atoms with Gasteiger partial charge < -0.3 is 9.47 Å². The second-order valence-electron chi connectivity index (χ2n) is 4.98. The summed E-state index contributed by atoms with van der Waals surface area (Å²) in [6.45, 7) is 8.65. The summed E-state index contributed by atoms with van der Waals surface area (Å²) in [7, 11) is 1.81. The fourth-order valence-electron chi connectivity index (χ4n) is 1.74. The molecule has 16 heavy (non-hydrogen) atoms. The summed E-state index contributed by atoms with van der Waals surface area (Å²) in [6, 6.07) is 0. The first-order valence-electron chi connectivity index (χ1n) is 5.63. The summed E-state index contributed by atoms with van der Waals surface area (Å²) in [4.78, 5) is 13.6. The number of hydrogen-bond acceptors (Lipinski definition) is 4. The highest BCUT2D eigenvalue weighted by atomic mass is 16.6. The minimum absolute atomic E-state index is 0.0220. The average Bonchev–Trinajstić information content (AvgIpc) is 2.14. The molecule has 0 aromatic heterocycles. The molecular formula is C11H22N2O3. The van der Waals surface area contributed by atoms with E-state index in [4.69, 9.17) is 9.47 Å². The van der Waals surface area contributed by atoms with E-state index in [0.717, 1.165) is 0 Å². The summed E-state index contributed by atoms with van der Waals surface area (Å²) in [6.07, 6.45) is -0.433. The third-order valence-electron chi connectivity index (χ3n) is 2.42. The molecule has 1 rings (SSSR count). The van der Waals surface area contributed by atoms with E-state index in [9.17, 15) is 4.79 Å². The minimum Gasteiger partial charge on any atom is -0.444 e. The molecule has 1 saturated heterocycles. The van der Waals surface area contributed by atoms with E-state index < -0.39 is 5.60 Å². The predicted octanol–water partition coefficient (Wildman–Crippen LogP) is 1.19. The van der Waals surface area contributed by atoms with E-state index in [1.807, 2.05) is 34.7 Å². The highest BCUT2D eigenvalue weighted by Crippen LogP contribution is 2.16. The van der Waals surface area contributed by atoms with Gasteiger partial charge in [-0.1, -0.05) is 0 Å². The molecule has 5 heteroatoms. The Labute approximate surface area is 97.1 Å². The lowest BCUT2D eigenvalue weighted by Crippen LogP contribution is -2.59. The van der Waals surface area contributed by atoms with Crippen LogP contribution in [-0.2, 0) is 9.47 Å². The highest BCUT2D eigenvalue weighted by molar-refractivity contribution is 5.68. The van der Waals surface area contributed by atoms with Gasteiger partial charge in [-0.05, 0) is 34.7 Å². The van der Waals surface area contributed by atoms with Crippen molar-refractivity contribution >= 4 is 6.09 Å². The van der Waals surface area contributed by atoms with Crippen molar-refractivity contribution in [3.8, 4) is 0 Å². The van der Waals surface area contributed by atoms with Crippen molar-refractivity contribution in [3.63, 3.8) is 0 Å². The van der Waals surface area contributed by atoms with Gasteiger partial charge in [0.25, 0.3) is 0 Å². The molecule has 1 heterocycles. The van der Waals surface area contributed by atoms with E-state index in [1.165, 1.54) is 0 Å². The summed E-state index contributed by atoms with van der Waals surface area (Å²) < 4.78 is 10.8. The van der Waals surface area contributed by atoms with Gasteiger partial charge in [0.2, 0.25) is 0 Å². The average molecular weight is 230 g/mol. The van der Waals surface area contributed by atoms with Crippen LogP contribution in [0, 0.1) is 0 Å². The molecule has 1 N–H and O–H groups in total. The lowest BCUT2D eigenvalue weighted by atomic mass is 10.2. The summed E-state index contributed by atoms with van der Waals surface area (Å²) in [5.74, 6) is 0. The zero-order valence-electron chi connectivity index (χ0n) is 10.7. The molecule has 0 aromatic carbocycles. The molecule has 0 aromatic rings. The number of morpholine rings is 1. The highest BCUT2D eigenvalue weighted by Gasteiger charge is 2.34. The summed E-state index contributed by atoms with van der Waals surface area (Å²) in [5.41, 5.74) is -0.461. The van der Waals surface area contributed by atoms with Crippen molar-refractivity contribution in [3.05, 3.63) is 0 Å². The van der Waals surface area contributed by atoms with Crippen molar-refractivity contribution in [1.82, 2.24) is 10.2 Å². The number of amides is 1. The Kier molecular flexibility index (Phi) is 4.15. The standard InChI is InChI=1S/C11H22N2O3/c1-8-9(12-5)13(6-7-15-8)10(14)16-11(2,3)4/h8-9,12H,6-7H2,1-5H3. The van der Waals surface area contributed by atoms with Crippen LogP contribution in [0.4, 0.5) is 4.79 Å². The van der Waals surface area contributed by atoms with Crippen LogP contribution in [0.5, 0.6) is 0 Å². The quantitative estimate of drug-likeness (QED) is 0.735. The molecule has 2 atom stereocenters. The van der Waals surface area contributed by atoms with E-state index in [0.29, 0.717) is 13.2 Å². The zero-order chi connectivity index (χ0) is 12.3. The summed E-state index contributed by atoms with van der Waals surface area (Å²) >= 11 is 0. The SMILES string of the molecule is CNC1C(C)OCCN1C(=O)OC(C)(C)C. The van der Waals surface area contributed by atoms with Crippen LogP contribution >= 0.6 is 0 Å². The second-order valence-corrected chi connectivity index (χ2v) is 4.98. The maximum atomic E-state index is 11.9. The zero-order valence-corrected chi connectivity index (χ0v) is 10.7. The van der Waals surface area contributed by atoms with Gasteiger partial charge in [-0.15, -0.1) is 0 Å². The van der Waals surface area contributed by atoms with Crippen molar-refractivity contribution in [1.29, 1.82) is 0 Å². The maximum Gasteiger partial charge on any atom is 0.411 e. The fourth-order valence-corrected chi connectivity index (χ4v) is 1.74. The molecule has 5 nitrogen and oxygen atoms in total.